The maximum Gasteiger partial charge on any atom is 0.256 e. The van der Waals surface area contributed by atoms with E-state index in [0.717, 1.165) is 16.7 Å². The highest BCUT2D eigenvalue weighted by molar-refractivity contribution is 6.10. The molecule has 9 nitrogen and oxygen atoms in total. The summed E-state index contributed by atoms with van der Waals surface area (Å²) in [5.74, 6) is -0.606. The van der Waals surface area contributed by atoms with Crippen molar-refractivity contribution in [1.82, 2.24) is 14.9 Å². The van der Waals surface area contributed by atoms with Crippen molar-refractivity contribution in [2.24, 2.45) is 18.5 Å². The average Bonchev–Trinajstić information content (AvgIpc) is 3.37. The van der Waals surface area contributed by atoms with Gasteiger partial charge in [0.1, 0.15) is 6.04 Å². The highest BCUT2D eigenvalue weighted by atomic mass is 16.5. The standard InChI is InChI=1S/C23H20N6O3/c1-12-19-17-8-5-14(15-10-26-28(2)11-15)9-18(17)29(23(31)20(24)21(19)32-27-12)16-6-3-13(4-7-16)22(25)30/h3-11,20H,24H2,1-2H3,(H2,25,30). The van der Waals surface area contributed by atoms with Crippen molar-refractivity contribution in [1.29, 1.82) is 0 Å². The molecule has 1 atom stereocenters. The Balaban J connectivity index is 1.76. The second-order valence-corrected chi connectivity index (χ2v) is 7.70. The summed E-state index contributed by atoms with van der Waals surface area (Å²) in [6.07, 6.45) is 3.65. The molecule has 0 radical (unpaired) electrons. The topological polar surface area (TPSA) is 133 Å². The Bertz CT molecular complexity index is 1370. The van der Waals surface area contributed by atoms with Gasteiger partial charge in [0, 0.05) is 35.6 Å². The lowest BCUT2D eigenvalue weighted by Gasteiger charge is -2.25. The zero-order valence-electron chi connectivity index (χ0n) is 17.4. The molecule has 0 bridgehead atoms. The van der Waals surface area contributed by atoms with Crippen molar-refractivity contribution in [3.8, 4) is 22.3 Å². The number of fused-ring (bicyclic) bond motifs is 3. The van der Waals surface area contributed by atoms with Crippen molar-refractivity contribution in [3.63, 3.8) is 0 Å². The predicted octanol–water partition coefficient (Wildman–Crippen LogP) is 2.83. The number of amides is 2. The average molecular weight is 428 g/mol. The van der Waals surface area contributed by atoms with Gasteiger partial charge in [-0.3, -0.25) is 19.2 Å². The van der Waals surface area contributed by atoms with Crippen LogP contribution in [0.3, 0.4) is 0 Å². The van der Waals surface area contributed by atoms with Gasteiger partial charge in [-0.05, 0) is 42.8 Å². The highest BCUT2D eigenvalue weighted by Gasteiger charge is 2.37. The lowest BCUT2D eigenvalue weighted by Crippen LogP contribution is -2.34. The number of carbonyl (C=O) groups excluding carboxylic acids is 2. The number of anilines is 2. The van der Waals surface area contributed by atoms with Gasteiger partial charge < -0.3 is 16.0 Å². The summed E-state index contributed by atoms with van der Waals surface area (Å²) in [5.41, 5.74) is 17.1. The molecule has 0 saturated heterocycles. The molecule has 4 aromatic rings. The summed E-state index contributed by atoms with van der Waals surface area (Å²) in [7, 11) is 1.84. The molecule has 1 aliphatic rings. The van der Waals surface area contributed by atoms with Gasteiger partial charge in [-0.2, -0.15) is 5.10 Å². The summed E-state index contributed by atoms with van der Waals surface area (Å²) in [6, 6.07) is 11.3. The number of nitrogens with two attached hydrogens (primary N) is 2. The smallest absolute Gasteiger partial charge is 0.256 e. The minimum atomic E-state index is -1.05. The SMILES string of the molecule is Cc1noc2c1-c1ccc(-c3cnn(C)c3)cc1N(c1ccc(C(N)=O)cc1)C(=O)C2N. The summed E-state index contributed by atoms with van der Waals surface area (Å²) >= 11 is 0. The Labute approximate surface area is 183 Å². The van der Waals surface area contributed by atoms with E-state index < -0.39 is 11.9 Å². The van der Waals surface area contributed by atoms with Crippen LogP contribution in [0.15, 0.2) is 59.4 Å². The van der Waals surface area contributed by atoms with Crippen LogP contribution in [0.5, 0.6) is 0 Å². The number of aryl methyl sites for hydroxylation is 2. The molecule has 0 spiro atoms. The second-order valence-electron chi connectivity index (χ2n) is 7.70. The number of hydrogen-bond donors (Lipinski definition) is 2. The van der Waals surface area contributed by atoms with Crippen molar-refractivity contribution in [3.05, 3.63) is 71.9 Å². The Hall–Kier alpha value is -4.24. The first-order valence-electron chi connectivity index (χ1n) is 9.94. The molecule has 1 aliphatic heterocycles. The molecule has 3 heterocycles. The summed E-state index contributed by atoms with van der Waals surface area (Å²) < 4.78 is 7.18. The fraction of sp³-hybridized carbons (Fsp3) is 0.130. The Kier molecular flexibility index (Phi) is 4.42. The first kappa shape index (κ1) is 19.7. The van der Waals surface area contributed by atoms with Crippen LogP contribution in [0.4, 0.5) is 11.4 Å². The van der Waals surface area contributed by atoms with Crippen molar-refractivity contribution < 1.29 is 14.1 Å². The van der Waals surface area contributed by atoms with E-state index in [1.165, 1.54) is 0 Å². The van der Waals surface area contributed by atoms with E-state index in [1.807, 2.05) is 38.4 Å². The number of hydrogen-bond acceptors (Lipinski definition) is 6. The molecule has 9 heteroatoms. The van der Waals surface area contributed by atoms with Crippen molar-refractivity contribution in [2.45, 2.75) is 13.0 Å². The predicted molar refractivity (Wildman–Crippen MR) is 118 cm³/mol. The molecule has 0 saturated carbocycles. The number of primary amides is 1. The van der Waals surface area contributed by atoms with Crippen molar-refractivity contribution >= 4 is 23.2 Å². The van der Waals surface area contributed by atoms with Crippen LogP contribution in [-0.2, 0) is 11.8 Å². The third kappa shape index (κ3) is 2.98. The van der Waals surface area contributed by atoms with Crippen LogP contribution in [0.1, 0.15) is 27.9 Å². The molecular weight excluding hydrogens is 408 g/mol. The third-order valence-electron chi connectivity index (χ3n) is 5.61. The molecule has 1 unspecified atom stereocenters. The number of benzene rings is 2. The fourth-order valence-electron chi connectivity index (χ4n) is 4.02. The van der Waals surface area contributed by atoms with Crippen LogP contribution in [0.2, 0.25) is 0 Å². The largest absolute Gasteiger partial charge is 0.366 e. The number of rotatable bonds is 3. The minimum absolute atomic E-state index is 0.319. The zero-order valence-corrected chi connectivity index (χ0v) is 17.4. The van der Waals surface area contributed by atoms with Gasteiger partial charge in [-0.1, -0.05) is 17.3 Å². The second kappa shape index (κ2) is 7.17. The summed E-state index contributed by atoms with van der Waals surface area (Å²) in [5, 5.41) is 8.29. The van der Waals surface area contributed by atoms with E-state index >= 15 is 0 Å². The number of aromatic nitrogens is 3. The maximum absolute atomic E-state index is 13.6. The lowest BCUT2D eigenvalue weighted by molar-refractivity contribution is -0.119. The molecule has 160 valence electrons. The quantitative estimate of drug-likeness (QED) is 0.515. The minimum Gasteiger partial charge on any atom is -0.366 e. The molecule has 2 aromatic heterocycles. The first-order chi connectivity index (χ1) is 15.3. The van der Waals surface area contributed by atoms with E-state index in [4.69, 9.17) is 16.0 Å². The molecule has 32 heavy (non-hydrogen) atoms. The molecule has 0 fully saturated rings. The van der Waals surface area contributed by atoms with Gasteiger partial charge in [0.15, 0.2) is 5.76 Å². The van der Waals surface area contributed by atoms with E-state index in [2.05, 4.69) is 10.3 Å². The van der Waals surface area contributed by atoms with Gasteiger partial charge >= 0.3 is 0 Å². The van der Waals surface area contributed by atoms with Gasteiger partial charge in [0.25, 0.3) is 5.91 Å². The highest BCUT2D eigenvalue weighted by Crippen LogP contribution is 2.45. The molecule has 4 N–H and O–H groups in total. The number of nitrogens with zero attached hydrogens (tertiary/aromatic N) is 4. The third-order valence-corrected chi connectivity index (χ3v) is 5.61. The van der Waals surface area contributed by atoms with E-state index in [-0.39, 0.29) is 5.91 Å². The Morgan fingerprint density at radius 3 is 2.53 bits per heavy atom. The molecule has 2 aromatic carbocycles. The number of carbonyl (C=O) groups is 2. The van der Waals surface area contributed by atoms with E-state index in [1.54, 1.807) is 40.0 Å². The van der Waals surface area contributed by atoms with Gasteiger partial charge in [0.05, 0.1) is 23.1 Å². The Morgan fingerprint density at radius 2 is 1.88 bits per heavy atom. The van der Waals surface area contributed by atoms with Crippen molar-refractivity contribution in [2.75, 3.05) is 4.90 Å². The molecule has 2 amide bonds. The van der Waals surface area contributed by atoms with Crippen LogP contribution < -0.4 is 16.4 Å². The van der Waals surface area contributed by atoms with Crippen LogP contribution in [0, 0.1) is 6.92 Å². The fourth-order valence-corrected chi connectivity index (χ4v) is 4.02. The van der Waals surface area contributed by atoms with Crippen LogP contribution >= 0.6 is 0 Å². The van der Waals surface area contributed by atoms with E-state index in [0.29, 0.717) is 34.0 Å². The maximum atomic E-state index is 13.6. The normalized spacial score (nSPS) is 15.3. The van der Waals surface area contributed by atoms with Crippen LogP contribution in [0.25, 0.3) is 22.3 Å². The van der Waals surface area contributed by atoms with Gasteiger partial charge in [-0.25, -0.2) is 0 Å². The van der Waals surface area contributed by atoms with E-state index in [9.17, 15) is 9.59 Å². The molecular formula is C23H20N6O3. The van der Waals surface area contributed by atoms with Crippen LogP contribution in [-0.4, -0.2) is 26.8 Å². The molecule has 0 aliphatic carbocycles. The first-order valence-corrected chi connectivity index (χ1v) is 9.94. The molecule has 5 rings (SSSR count). The monoisotopic (exact) mass is 428 g/mol. The summed E-state index contributed by atoms with van der Waals surface area (Å²) in [6.45, 7) is 1.82. The summed E-state index contributed by atoms with van der Waals surface area (Å²) in [4.78, 5) is 26.6. The van der Waals surface area contributed by atoms with Gasteiger partial charge in [-0.15, -0.1) is 0 Å². The van der Waals surface area contributed by atoms with Gasteiger partial charge in [0.2, 0.25) is 5.91 Å². The lowest BCUT2D eigenvalue weighted by atomic mass is 9.97. The zero-order chi connectivity index (χ0) is 22.6. The Morgan fingerprint density at radius 1 is 1.12 bits per heavy atom.